The van der Waals surface area contributed by atoms with E-state index in [-0.39, 0.29) is 17.8 Å². The molecule has 3 heterocycles. The maximum atomic E-state index is 12.5. The highest BCUT2D eigenvalue weighted by Gasteiger charge is 2.18. The Labute approximate surface area is 171 Å². The van der Waals surface area contributed by atoms with Crippen molar-refractivity contribution in [1.29, 1.82) is 0 Å². The normalized spacial score (nSPS) is 15.8. The molecule has 1 saturated heterocycles. The molecule has 0 spiro atoms. The highest BCUT2D eigenvalue weighted by Crippen LogP contribution is 2.24. The van der Waals surface area contributed by atoms with Crippen LogP contribution < -0.4 is 0 Å². The van der Waals surface area contributed by atoms with E-state index in [9.17, 15) is 9.59 Å². The second-order valence-electron chi connectivity index (χ2n) is 7.29. The maximum absolute atomic E-state index is 12.5. The summed E-state index contributed by atoms with van der Waals surface area (Å²) in [5, 5.41) is 13.5. The van der Waals surface area contributed by atoms with Gasteiger partial charge in [0.1, 0.15) is 0 Å². The summed E-state index contributed by atoms with van der Waals surface area (Å²) in [7, 11) is 2.08. The molecule has 0 radical (unpaired) electrons. The first-order chi connectivity index (χ1) is 13.9. The van der Waals surface area contributed by atoms with Gasteiger partial charge in [-0.2, -0.15) is 5.10 Å². The number of aromatic amines is 1. The van der Waals surface area contributed by atoms with Gasteiger partial charge in [-0.25, -0.2) is 14.5 Å². The Morgan fingerprint density at radius 3 is 2.69 bits per heavy atom. The molecule has 3 aromatic rings. The van der Waals surface area contributed by atoms with Crippen LogP contribution in [0.5, 0.6) is 0 Å². The van der Waals surface area contributed by atoms with E-state index in [1.54, 1.807) is 6.07 Å². The minimum absolute atomic E-state index is 0.0682. The van der Waals surface area contributed by atoms with Crippen molar-refractivity contribution in [3.8, 4) is 5.95 Å². The molecule has 1 aliphatic rings. The average Bonchev–Trinajstić information content (AvgIpc) is 3.31. The van der Waals surface area contributed by atoms with Crippen LogP contribution >= 0.6 is 11.6 Å². The van der Waals surface area contributed by atoms with Crippen LogP contribution in [0.25, 0.3) is 17.0 Å². The molecule has 1 aliphatic heterocycles. The molecule has 0 bridgehead atoms. The summed E-state index contributed by atoms with van der Waals surface area (Å²) >= 11 is 6.38. The van der Waals surface area contributed by atoms with Crippen molar-refractivity contribution in [3.63, 3.8) is 0 Å². The summed E-state index contributed by atoms with van der Waals surface area (Å²) in [6.45, 7) is 4.13. The molecule has 152 valence electrons. The van der Waals surface area contributed by atoms with Crippen LogP contribution in [0.2, 0.25) is 5.02 Å². The first kappa shape index (κ1) is 19.6. The largest absolute Gasteiger partial charge is 0.478 e. The van der Waals surface area contributed by atoms with Crippen LogP contribution in [0.1, 0.15) is 15.9 Å². The van der Waals surface area contributed by atoms with Gasteiger partial charge in [-0.05, 0) is 24.7 Å². The van der Waals surface area contributed by atoms with Gasteiger partial charge in [0.2, 0.25) is 5.95 Å². The molecule has 29 heavy (non-hydrogen) atoms. The van der Waals surface area contributed by atoms with E-state index in [0.29, 0.717) is 28.5 Å². The number of rotatable bonds is 6. The van der Waals surface area contributed by atoms with Crippen molar-refractivity contribution in [3.05, 3.63) is 40.7 Å². The highest BCUT2D eigenvalue weighted by atomic mass is 35.5. The molecule has 0 amide bonds. The number of H-pyrrole nitrogens is 1. The number of carbonyl (C=O) groups is 2. The van der Waals surface area contributed by atoms with Crippen LogP contribution in [0.3, 0.4) is 0 Å². The van der Waals surface area contributed by atoms with E-state index >= 15 is 0 Å². The van der Waals surface area contributed by atoms with Crippen molar-refractivity contribution < 1.29 is 14.7 Å². The number of hydrogen-bond donors (Lipinski definition) is 2. The topological polar surface area (TPSA) is 107 Å². The van der Waals surface area contributed by atoms with E-state index in [1.165, 1.54) is 17.1 Å². The number of piperazine rings is 1. The first-order valence-electron chi connectivity index (χ1n) is 9.28. The minimum atomic E-state index is -1.06. The van der Waals surface area contributed by atoms with Crippen LogP contribution in [-0.4, -0.2) is 86.2 Å². The van der Waals surface area contributed by atoms with Gasteiger partial charge in [0, 0.05) is 43.8 Å². The number of likely N-dealkylation sites (N-methyl/N-ethyl adjacent to an activating group) is 1. The third-order valence-corrected chi connectivity index (χ3v) is 5.42. The van der Waals surface area contributed by atoms with Crippen LogP contribution in [0.15, 0.2) is 24.5 Å². The number of halogens is 1. The number of nitrogens with one attached hydrogen (secondary N) is 1. The number of fused-ring (bicyclic) bond motifs is 1. The molecule has 0 unspecified atom stereocenters. The number of carboxylic acid groups (broad SMARTS) is 1. The van der Waals surface area contributed by atoms with Crippen molar-refractivity contribution in [2.45, 2.75) is 6.42 Å². The summed E-state index contributed by atoms with van der Waals surface area (Å²) in [5.41, 5.74) is 2.13. The quantitative estimate of drug-likeness (QED) is 0.626. The van der Waals surface area contributed by atoms with E-state index in [1.807, 2.05) is 6.07 Å². The molecule has 10 heteroatoms. The van der Waals surface area contributed by atoms with E-state index < -0.39 is 5.97 Å². The minimum Gasteiger partial charge on any atom is -0.478 e. The highest BCUT2D eigenvalue weighted by molar-refractivity contribution is 6.32. The SMILES string of the molecule is CN1CCN(CC(=O)Cc2cc3[nH]c(-n4cc(C(=O)O)cn4)nc3cc2Cl)CC1. The van der Waals surface area contributed by atoms with E-state index in [2.05, 4.69) is 31.9 Å². The van der Waals surface area contributed by atoms with Gasteiger partial charge in [0.15, 0.2) is 5.78 Å². The third-order valence-electron chi connectivity index (χ3n) is 5.07. The smallest absolute Gasteiger partial charge is 0.338 e. The summed E-state index contributed by atoms with van der Waals surface area (Å²) in [5.74, 6) is -0.560. The Bertz CT molecular complexity index is 1070. The Kier molecular flexibility index (Phi) is 5.35. The van der Waals surface area contributed by atoms with Gasteiger partial charge < -0.3 is 15.0 Å². The number of aromatic nitrogens is 4. The Morgan fingerprint density at radius 2 is 2.00 bits per heavy atom. The van der Waals surface area contributed by atoms with E-state index in [0.717, 1.165) is 31.7 Å². The number of benzene rings is 1. The summed E-state index contributed by atoms with van der Waals surface area (Å²) in [6, 6.07) is 3.52. The lowest BCUT2D eigenvalue weighted by molar-refractivity contribution is -0.119. The van der Waals surface area contributed by atoms with Crippen molar-refractivity contribution >= 4 is 34.4 Å². The summed E-state index contributed by atoms with van der Waals surface area (Å²) in [6.07, 6.45) is 2.88. The first-order valence-corrected chi connectivity index (χ1v) is 9.66. The molecular formula is C19H21ClN6O3. The molecule has 0 atom stereocenters. The Hall–Kier alpha value is -2.75. The monoisotopic (exact) mass is 416 g/mol. The van der Waals surface area contributed by atoms with Gasteiger partial charge >= 0.3 is 5.97 Å². The van der Waals surface area contributed by atoms with Gasteiger partial charge in [-0.1, -0.05) is 11.6 Å². The summed E-state index contributed by atoms with van der Waals surface area (Å²) < 4.78 is 1.36. The predicted octanol–water partition coefficient (Wildman–Crippen LogP) is 1.46. The zero-order valence-electron chi connectivity index (χ0n) is 15.9. The second-order valence-corrected chi connectivity index (χ2v) is 7.70. The van der Waals surface area contributed by atoms with Gasteiger partial charge in [-0.3, -0.25) is 9.69 Å². The van der Waals surface area contributed by atoms with Gasteiger partial charge in [0.05, 0.1) is 29.3 Å². The van der Waals surface area contributed by atoms with Gasteiger partial charge in [0.25, 0.3) is 0 Å². The fourth-order valence-electron chi connectivity index (χ4n) is 3.38. The standard InChI is InChI=1S/C19H21ClN6O3/c1-24-2-4-25(5-3-24)11-14(27)6-12-7-16-17(8-15(12)20)23-19(22-16)26-10-13(9-21-26)18(28)29/h7-10H,2-6,11H2,1H3,(H,22,23)(H,28,29). The van der Waals surface area contributed by atoms with Crippen LogP contribution in [-0.2, 0) is 11.2 Å². The Balaban J connectivity index is 1.50. The van der Waals surface area contributed by atoms with Crippen LogP contribution in [0.4, 0.5) is 0 Å². The number of Topliss-reactive ketones (excluding diaryl/α,β-unsaturated/α-hetero) is 1. The van der Waals surface area contributed by atoms with Crippen molar-refractivity contribution in [2.24, 2.45) is 0 Å². The Morgan fingerprint density at radius 1 is 1.24 bits per heavy atom. The number of hydrogen-bond acceptors (Lipinski definition) is 6. The number of carbonyl (C=O) groups excluding carboxylic acids is 1. The molecule has 4 rings (SSSR count). The lowest BCUT2D eigenvalue weighted by Crippen LogP contribution is -2.46. The fraction of sp³-hybridized carbons (Fsp3) is 0.368. The lowest BCUT2D eigenvalue weighted by atomic mass is 10.1. The van der Waals surface area contributed by atoms with Crippen molar-refractivity contribution in [2.75, 3.05) is 39.8 Å². The molecule has 1 fully saturated rings. The average molecular weight is 417 g/mol. The molecule has 0 aliphatic carbocycles. The number of aromatic carboxylic acids is 1. The van der Waals surface area contributed by atoms with Crippen LogP contribution in [0, 0.1) is 0 Å². The lowest BCUT2D eigenvalue weighted by Gasteiger charge is -2.31. The molecule has 2 N–H and O–H groups in total. The number of carboxylic acids is 1. The summed E-state index contributed by atoms with van der Waals surface area (Å²) in [4.78, 5) is 35.5. The van der Waals surface area contributed by atoms with E-state index in [4.69, 9.17) is 16.7 Å². The molecule has 9 nitrogen and oxygen atoms in total. The molecule has 2 aromatic heterocycles. The number of imidazole rings is 1. The molecular weight excluding hydrogens is 396 g/mol. The number of nitrogens with zero attached hydrogens (tertiary/aromatic N) is 5. The number of ketones is 1. The fourth-order valence-corrected chi connectivity index (χ4v) is 3.60. The molecule has 1 aromatic carbocycles. The zero-order chi connectivity index (χ0) is 20.5. The van der Waals surface area contributed by atoms with Gasteiger partial charge in [-0.15, -0.1) is 0 Å². The molecule has 0 saturated carbocycles. The van der Waals surface area contributed by atoms with Crippen molar-refractivity contribution in [1.82, 2.24) is 29.5 Å². The predicted molar refractivity (Wildman–Crippen MR) is 108 cm³/mol. The second kappa shape index (κ2) is 7.94. The zero-order valence-corrected chi connectivity index (χ0v) is 16.7. The third kappa shape index (κ3) is 4.31. The maximum Gasteiger partial charge on any atom is 0.338 e.